The Balaban J connectivity index is 2.10. The summed E-state index contributed by atoms with van der Waals surface area (Å²) in [5.41, 5.74) is 1.80. The Morgan fingerprint density at radius 1 is 0.743 bits per heavy atom. The Hall–Kier alpha value is -3.68. The summed E-state index contributed by atoms with van der Waals surface area (Å²) in [6.07, 6.45) is 1.37. The van der Waals surface area contributed by atoms with Crippen LogP contribution in [0.4, 0.5) is 0 Å². The average Bonchev–Trinajstić information content (AvgIpc) is 2.81. The molecule has 0 aliphatic rings. The van der Waals surface area contributed by atoms with Gasteiger partial charge in [0.1, 0.15) is 18.1 Å². The number of benzene rings is 2. The fourth-order valence-electron chi connectivity index (χ4n) is 3.77. The maximum absolute atomic E-state index is 13.1. The lowest BCUT2D eigenvalue weighted by Crippen LogP contribution is -2.56. The third-order valence-corrected chi connectivity index (χ3v) is 5.50. The van der Waals surface area contributed by atoms with Gasteiger partial charge >= 0.3 is 5.97 Å². The van der Waals surface area contributed by atoms with Crippen molar-refractivity contribution in [2.75, 3.05) is 0 Å². The van der Waals surface area contributed by atoms with Crippen molar-refractivity contribution in [3.63, 3.8) is 0 Å². The molecule has 2 aromatic rings. The summed E-state index contributed by atoms with van der Waals surface area (Å²) in [6.45, 7) is 5.15. The molecule has 4 N–H and O–H groups in total. The first-order valence-corrected chi connectivity index (χ1v) is 11.8. The molecule has 35 heavy (non-hydrogen) atoms. The van der Waals surface area contributed by atoms with Crippen LogP contribution in [0, 0.1) is 5.92 Å². The van der Waals surface area contributed by atoms with E-state index in [0.717, 1.165) is 11.1 Å². The van der Waals surface area contributed by atoms with E-state index in [2.05, 4.69) is 16.0 Å². The number of hydrogen-bond donors (Lipinski definition) is 4. The molecule has 0 saturated heterocycles. The molecular formula is C27H35N3O5. The third kappa shape index (κ3) is 10.00. The second-order valence-corrected chi connectivity index (χ2v) is 9.06. The van der Waals surface area contributed by atoms with E-state index in [9.17, 15) is 24.3 Å². The summed E-state index contributed by atoms with van der Waals surface area (Å²) in [5.74, 6) is -2.49. The number of hydrogen-bond acceptors (Lipinski definition) is 4. The molecule has 0 bridgehead atoms. The normalized spacial score (nSPS) is 13.4. The van der Waals surface area contributed by atoms with Crippen LogP contribution in [-0.2, 0) is 32.0 Å². The van der Waals surface area contributed by atoms with Crippen molar-refractivity contribution in [3.05, 3.63) is 71.8 Å². The van der Waals surface area contributed by atoms with Crippen molar-refractivity contribution in [3.8, 4) is 0 Å². The minimum absolute atomic E-state index is 0.0620. The Kier molecular flexibility index (Phi) is 10.9. The van der Waals surface area contributed by atoms with Gasteiger partial charge in [-0.05, 0) is 36.3 Å². The Labute approximate surface area is 206 Å². The quantitative estimate of drug-likeness (QED) is 0.350. The Morgan fingerprint density at radius 2 is 1.26 bits per heavy atom. The lowest BCUT2D eigenvalue weighted by molar-refractivity contribution is -0.142. The largest absolute Gasteiger partial charge is 0.480 e. The highest BCUT2D eigenvalue weighted by molar-refractivity contribution is 5.93. The maximum atomic E-state index is 13.1. The van der Waals surface area contributed by atoms with Crippen LogP contribution in [0.1, 0.15) is 44.7 Å². The summed E-state index contributed by atoms with van der Waals surface area (Å²) in [5, 5.41) is 17.6. The van der Waals surface area contributed by atoms with E-state index in [-0.39, 0.29) is 18.2 Å². The SMILES string of the molecule is CC(=O)N[C@@H](CCc1ccccc1)C(=O)N[C@@H](CC(C)C)C(=O)N[C@@H](Cc1ccccc1)C(=O)O. The number of carbonyl (C=O) groups excluding carboxylic acids is 3. The lowest BCUT2D eigenvalue weighted by Gasteiger charge is -2.25. The van der Waals surface area contributed by atoms with Gasteiger partial charge in [0.25, 0.3) is 0 Å². The first kappa shape index (κ1) is 27.6. The lowest BCUT2D eigenvalue weighted by atomic mass is 10.00. The fraction of sp³-hybridized carbons (Fsp3) is 0.407. The summed E-state index contributed by atoms with van der Waals surface area (Å²) in [6, 6.07) is 15.7. The van der Waals surface area contributed by atoms with E-state index >= 15 is 0 Å². The molecule has 0 unspecified atom stereocenters. The van der Waals surface area contributed by atoms with Crippen LogP contribution in [0.25, 0.3) is 0 Å². The maximum Gasteiger partial charge on any atom is 0.326 e. The minimum Gasteiger partial charge on any atom is -0.480 e. The van der Waals surface area contributed by atoms with Gasteiger partial charge in [0.05, 0.1) is 0 Å². The molecule has 3 atom stereocenters. The molecule has 8 heteroatoms. The number of nitrogens with one attached hydrogen (secondary N) is 3. The van der Waals surface area contributed by atoms with Crippen molar-refractivity contribution >= 4 is 23.7 Å². The van der Waals surface area contributed by atoms with E-state index in [1.165, 1.54) is 6.92 Å². The van der Waals surface area contributed by atoms with Gasteiger partial charge < -0.3 is 21.1 Å². The second kappa shape index (κ2) is 13.9. The van der Waals surface area contributed by atoms with Gasteiger partial charge in [-0.2, -0.15) is 0 Å². The van der Waals surface area contributed by atoms with Crippen molar-refractivity contribution in [2.24, 2.45) is 5.92 Å². The molecule has 0 heterocycles. The number of carbonyl (C=O) groups is 4. The zero-order valence-electron chi connectivity index (χ0n) is 20.5. The van der Waals surface area contributed by atoms with E-state index in [1.54, 1.807) is 24.3 Å². The van der Waals surface area contributed by atoms with Gasteiger partial charge in [-0.25, -0.2) is 4.79 Å². The summed E-state index contributed by atoms with van der Waals surface area (Å²) in [7, 11) is 0. The van der Waals surface area contributed by atoms with Crippen LogP contribution in [-0.4, -0.2) is 46.9 Å². The van der Waals surface area contributed by atoms with Gasteiger partial charge in [0, 0.05) is 13.3 Å². The van der Waals surface area contributed by atoms with Gasteiger partial charge in [-0.1, -0.05) is 74.5 Å². The predicted octanol–water partition coefficient (Wildman–Crippen LogP) is 2.47. The van der Waals surface area contributed by atoms with E-state index in [1.807, 2.05) is 50.2 Å². The van der Waals surface area contributed by atoms with Crippen LogP contribution in [0.3, 0.4) is 0 Å². The number of aliphatic carboxylic acids is 1. The number of carboxylic acids is 1. The molecule has 0 aromatic heterocycles. The molecule has 0 saturated carbocycles. The molecular weight excluding hydrogens is 446 g/mol. The van der Waals surface area contributed by atoms with Crippen LogP contribution < -0.4 is 16.0 Å². The molecule has 2 rings (SSSR count). The molecule has 0 fully saturated rings. The van der Waals surface area contributed by atoms with Crippen molar-refractivity contribution in [1.29, 1.82) is 0 Å². The van der Waals surface area contributed by atoms with Gasteiger partial charge in [0.2, 0.25) is 17.7 Å². The van der Waals surface area contributed by atoms with E-state index in [4.69, 9.17) is 0 Å². The molecule has 0 aliphatic carbocycles. The van der Waals surface area contributed by atoms with Crippen molar-refractivity contribution in [2.45, 2.75) is 64.6 Å². The van der Waals surface area contributed by atoms with Gasteiger partial charge in [0.15, 0.2) is 0 Å². The summed E-state index contributed by atoms with van der Waals surface area (Å²) in [4.78, 5) is 49.7. The first-order valence-electron chi connectivity index (χ1n) is 11.8. The smallest absolute Gasteiger partial charge is 0.326 e. The highest BCUT2D eigenvalue weighted by atomic mass is 16.4. The minimum atomic E-state index is -1.16. The molecule has 8 nitrogen and oxygen atoms in total. The van der Waals surface area contributed by atoms with Crippen LogP contribution in [0.2, 0.25) is 0 Å². The second-order valence-electron chi connectivity index (χ2n) is 9.06. The van der Waals surface area contributed by atoms with Gasteiger partial charge in [-0.15, -0.1) is 0 Å². The topological polar surface area (TPSA) is 125 Å². The molecule has 0 radical (unpaired) electrons. The molecule has 3 amide bonds. The van der Waals surface area contributed by atoms with Crippen LogP contribution >= 0.6 is 0 Å². The predicted molar refractivity (Wildman–Crippen MR) is 133 cm³/mol. The Bertz CT molecular complexity index is 979. The van der Waals surface area contributed by atoms with Crippen LogP contribution in [0.15, 0.2) is 60.7 Å². The van der Waals surface area contributed by atoms with Gasteiger partial charge in [-0.3, -0.25) is 14.4 Å². The fourth-order valence-corrected chi connectivity index (χ4v) is 3.77. The average molecular weight is 482 g/mol. The highest BCUT2D eigenvalue weighted by Gasteiger charge is 2.29. The molecule has 2 aromatic carbocycles. The molecule has 0 aliphatic heterocycles. The first-order chi connectivity index (χ1) is 16.7. The molecule has 188 valence electrons. The molecule has 0 spiro atoms. The number of rotatable bonds is 13. The third-order valence-electron chi connectivity index (χ3n) is 5.50. The number of amides is 3. The standard InChI is InChI=1S/C27H35N3O5/c1-18(2)16-23(26(33)30-24(27(34)35)17-21-12-8-5-9-13-21)29-25(32)22(28-19(3)31)15-14-20-10-6-4-7-11-20/h4-13,18,22-24H,14-17H2,1-3H3,(H,28,31)(H,29,32)(H,30,33)(H,34,35)/t22-,23-,24-/m0/s1. The van der Waals surface area contributed by atoms with Crippen molar-refractivity contribution < 1.29 is 24.3 Å². The zero-order valence-corrected chi connectivity index (χ0v) is 20.5. The van der Waals surface area contributed by atoms with Crippen molar-refractivity contribution in [1.82, 2.24) is 16.0 Å². The van der Waals surface area contributed by atoms with Crippen LogP contribution in [0.5, 0.6) is 0 Å². The number of aryl methyl sites for hydroxylation is 1. The number of carboxylic acid groups (broad SMARTS) is 1. The zero-order chi connectivity index (χ0) is 25.8. The summed E-state index contributed by atoms with van der Waals surface area (Å²) >= 11 is 0. The Morgan fingerprint density at radius 3 is 1.77 bits per heavy atom. The van der Waals surface area contributed by atoms with E-state index < -0.39 is 35.9 Å². The summed E-state index contributed by atoms with van der Waals surface area (Å²) < 4.78 is 0. The monoisotopic (exact) mass is 481 g/mol. The van der Waals surface area contributed by atoms with E-state index in [0.29, 0.717) is 19.3 Å². The highest BCUT2D eigenvalue weighted by Crippen LogP contribution is 2.10.